The lowest BCUT2D eigenvalue weighted by molar-refractivity contribution is -0.122. The molecule has 0 aromatic rings. The van der Waals surface area contributed by atoms with Crippen LogP contribution in [-0.2, 0) is 4.79 Å². The molecule has 0 saturated heterocycles. The second-order valence-electron chi connectivity index (χ2n) is 4.75. The van der Waals surface area contributed by atoms with E-state index < -0.39 is 0 Å². The van der Waals surface area contributed by atoms with Crippen LogP contribution >= 0.6 is 0 Å². The molecule has 1 aliphatic rings. The van der Waals surface area contributed by atoms with Crippen molar-refractivity contribution in [2.24, 2.45) is 17.1 Å². The first kappa shape index (κ1) is 11.5. The fraction of sp³-hybridized carbons (Fsp3) is 0.909. The van der Waals surface area contributed by atoms with Gasteiger partial charge < -0.3 is 11.1 Å². The Balaban J connectivity index is 2.30. The highest BCUT2D eigenvalue weighted by Crippen LogP contribution is 2.51. The van der Waals surface area contributed by atoms with Gasteiger partial charge in [-0.25, -0.2) is 0 Å². The van der Waals surface area contributed by atoms with E-state index >= 15 is 0 Å². The highest BCUT2D eigenvalue weighted by Gasteiger charge is 2.45. The molecular formula is C11H22N2O. The fourth-order valence-electron chi connectivity index (χ4n) is 1.70. The Morgan fingerprint density at radius 2 is 2.07 bits per heavy atom. The van der Waals surface area contributed by atoms with Gasteiger partial charge in [0.15, 0.2) is 0 Å². The third-order valence-corrected chi connectivity index (χ3v) is 3.51. The highest BCUT2D eigenvalue weighted by atomic mass is 16.2. The van der Waals surface area contributed by atoms with E-state index in [4.69, 9.17) is 5.73 Å². The minimum Gasteiger partial charge on any atom is -0.354 e. The molecule has 82 valence electrons. The quantitative estimate of drug-likeness (QED) is 0.699. The summed E-state index contributed by atoms with van der Waals surface area (Å²) in [7, 11) is 0. The van der Waals surface area contributed by atoms with Crippen LogP contribution < -0.4 is 11.1 Å². The van der Waals surface area contributed by atoms with Gasteiger partial charge in [-0.15, -0.1) is 0 Å². The van der Waals surface area contributed by atoms with Crippen molar-refractivity contribution in [3.63, 3.8) is 0 Å². The number of nitrogens with two attached hydrogens (primary N) is 1. The summed E-state index contributed by atoms with van der Waals surface area (Å²) in [4.78, 5) is 11.4. The van der Waals surface area contributed by atoms with E-state index in [1.54, 1.807) is 0 Å². The number of rotatable bonds is 5. The molecule has 3 heteroatoms. The van der Waals surface area contributed by atoms with Crippen molar-refractivity contribution in [2.45, 2.75) is 46.1 Å². The third kappa shape index (κ3) is 2.47. The standard InChI is InChI=1S/C11H22N2O/c1-4-9(12)10(14)13-7-11(5-6-11)8(2)3/h8-9H,4-7,12H2,1-3H3,(H,13,14)/t9-/m0/s1. The largest absolute Gasteiger partial charge is 0.354 e. The SMILES string of the molecule is CC[C@H](N)C(=O)NCC1(C(C)C)CC1. The van der Waals surface area contributed by atoms with Crippen LogP contribution in [-0.4, -0.2) is 18.5 Å². The van der Waals surface area contributed by atoms with Crippen LogP contribution in [0.25, 0.3) is 0 Å². The molecule has 0 aromatic heterocycles. The first-order valence-corrected chi connectivity index (χ1v) is 5.55. The Morgan fingerprint density at radius 1 is 1.50 bits per heavy atom. The third-order valence-electron chi connectivity index (χ3n) is 3.51. The molecule has 0 radical (unpaired) electrons. The molecule has 1 rings (SSSR count). The van der Waals surface area contributed by atoms with Gasteiger partial charge in [0.25, 0.3) is 0 Å². The van der Waals surface area contributed by atoms with Crippen LogP contribution in [0.15, 0.2) is 0 Å². The summed E-state index contributed by atoms with van der Waals surface area (Å²) in [6, 6.07) is -0.335. The Bertz CT molecular complexity index is 209. The molecule has 1 atom stereocenters. The maximum Gasteiger partial charge on any atom is 0.236 e. The predicted molar refractivity (Wildman–Crippen MR) is 57.8 cm³/mol. The molecule has 0 heterocycles. The van der Waals surface area contributed by atoms with E-state index in [1.807, 2.05) is 6.92 Å². The zero-order valence-electron chi connectivity index (χ0n) is 9.47. The molecule has 0 aromatic carbocycles. The number of carbonyl (C=O) groups excluding carboxylic acids is 1. The highest BCUT2D eigenvalue weighted by molar-refractivity contribution is 5.81. The van der Waals surface area contributed by atoms with Crippen LogP contribution in [0, 0.1) is 11.3 Å². The fourth-order valence-corrected chi connectivity index (χ4v) is 1.70. The molecule has 0 spiro atoms. The van der Waals surface area contributed by atoms with Crippen LogP contribution in [0.3, 0.4) is 0 Å². The van der Waals surface area contributed by atoms with Crippen molar-refractivity contribution in [1.29, 1.82) is 0 Å². The molecule has 1 aliphatic carbocycles. The first-order chi connectivity index (χ1) is 6.52. The smallest absolute Gasteiger partial charge is 0.236 e. The van der Waals surface area contributed by atoms with Gasteiger partial charge in [0.1, 0.15) is 0 Å². The van der Waals surface area contributed by atoms with Crippen molar-refractivity contribution in [3.05, 3.63) is 0 Å². The van der Waals surface area contributed by atoms with Crippen LogP contribution in [0.1, 0.15) is 40.0 Å². The zero-order valence-corrected chi connectivity index (χ0v) is 9.47. The molecule has 3 nitrogen and oxygen atoms in total. The molecule has 1 saturated carbocycles. The van der Waals surface area contributed by atoms with Gasteiger partial charge >= 0.3 is 0 Å². The molecule has 1 amide bonds. The second-order valence-corrected chi connectivity index (χ2v) is 4.75. The van der Waals surface area contributed by atoms with Crippen molar-refractivity contribution in [2.75, 3.05) is 6.54 Å². The van der Waals surface area contributed by atoms with E-state index in [0.29, 0.717) is 17.8 Å². The summed E-state index contributed by atoms with van der Waals surface area (Å²) in [6.07, 6.45) is 3.19. The van der Waals surface area contributed by atoms with Crippen LogP contribution in [0.5, 0.6) is 0 Å². The van der Waals surface area contributed by atoms with Crippen molar-refractivity contribution in [1.82, 2.24) is 5.32 Å². The first-order valence-electron chi connectivity index (χ1n) is 5.55. The van der Waals surface area contributed by atoms with Crippen LogP contribution in [0.4, 0.5) is 0 Å². The Labute approximate surface area is 86.4 Å². The topological polar surface area (TPSA) is 55.1 Å². The van der Waals surface area contributed by atoms with Gasteiger partial charge in [-0.05, 0) is 30.6 Å². The van der Waals surface area contributed by atoms with E-state index in [9.17, 15) is 4.79 Å². The maximum atomic E-state index is 11.4. The van der Waals surface area contributed by atoms with Crippen molar-refractivity contribution >= 4 is 5.91 Å². The van der Waals surface area contributed by atoms with E-state index in [0.717, 1.165) is 6.54 Å². The van der Waals surface area contributed by atoms with Gasteiger partial charge in [0, 0.05) is 6.54 Å². The summed E-state index contributed by atoms with van der Waals surface area (Å²) in [5.74, 6) is 0.653. The van der Waals surface area contributed by atoms with Crippen molar-refractivity contribution in [3.8, 4) is 0 Å². The number of hydrogen-bond donors (Lipinski definition) is 2. The predicted octanol–water partition coefficient (Wildman–Crippen LogP) is 1.28. The monoisotopic (exact) mass is 198 g/mol. The number of nitrogens with one attached hydrogen (secondary N) is 1. The second kappa shape index (κ2) is 4.30. The Kier molecular flexibility index (Phi) is 3.53. The van der Waals surface area contributed by atoms with Gasteiger partial charge in [-0.2, -0.15) is 0 Å². The lowest BCUT2D eigenvalue weighted by Gasteiger charge is -2.21. The molecule has 3 N–H and O–H groups in total. The number of carbonyl (C=O) groups is 1. The summed E-state index contributed by atoms with van der Waals surface area (Å²) < 4.78 is 0. The molecule has 1 fully saturated rings. The minimum atomic E-state index is -0.335. The summed E-state index contributed by atoms with van der Waals surface area (Å²) in [5.41, 5.74) is 6.01. The summed E-state index contributed by atoms with van der Waals surface area (Å²) >= 11 is 0. The Hall–Kier alpha value is -0.570. The minimum absolute atomic E-state index is 0.000532. The molecule has 0 bridgehead atoms. The number of hydrogen-bond acceptors (Lipinski definition) is 2. The van der Waals surface area contributed by atoms with Gasteiger partial charge in [-0.1, -0.05) is 20.8 Å². The lowest BCUT2D eigenvalue weighted by Crippen LogP contribution is -2.43. The molecule has 0 unspecified atom stereocenters. The average molecular weight is 198 g/mol. The van der Waals surface area contributed by atoms with E-state index in [1.165, 1.54) is 12.8 Å². The number of amides is 1. The normalized spacial score (nSPS) is 20.6. The molecule has 14 heavy (non-hydrogen) atoms. The van der Waals surface area contributed by atoms with Crippen molar-refractivity contribution < 1.29 is 4.79 Å². The molecular weight excluding hydrogens is 176 g/mol. The molecule has 0 aliphatic heterocycles. The van der Waals surface area contributed by atoms with Gasteiger partial charge in [-0.3, -0.25) is 4.79 Å². The zero-order chi connectivity index (χ0) is 10.8. The van der Waals surface area contributed by atoms with E-state index in [2.05, 4.69) is 19.2 Å². The Morgan fingerprint density at radius 3 is 2.43 bits per heavy atom. The lowest BCUT2D eigenvalue weighted by atomic mass is 9.92. The van der Waals surface area contributed by atoms with Gasteiger partial charge in [0.05, 0.1) is 6.04 Å². The van der Waals surface area contributed by atoms with E-state index in [-0.39, 0.29) is 11.9 Å². The van der Waals surface area contributed by atoms with Crippen LogP contribution in [0.2, 0.25) is 0 Å². The average Bonchev–Trinajstić information content (AvgIpc) is 2.93. The van der Waals surface area contributed by atoms with Gasteiger partial charge in [0.2, 0.25) is 5.91 Å². The maximum absolute atomic E-state index is 11.4. The summed E-state index contributed by atoms with van der Waals surface area (Å²) in [5, 5.41) is 2.95. The summed E-state index contributed by atoms with van der Waals surface area (Å²) in [6.45, 7) is 7.18.